The molecule has 496 valence electrons. The molecule has 0 radical (unpaired) electrons. The molecule has 0 saturated carbocycles. The van der Waals surface area contributed by atoms with Crippen molar-refractivity contribution in [1.29, 1.82) is 0 Å². The van der Waals surface area contributed by atoms with E-state index in [0.717, 1.165) is 102 Å². The Hall–Kier alpha value is -12.9. The van der Waals surface area contributed by atoms with Gasteiger partial charge in [-0.25, -0.2) is 0 Å². The molecule has 22 rings (SSSR count). The molecule has 1 unspecified atom stereocenters. The van der Waals surface area contributed by atoms with Crippen molar-refractivity contribution in [3.8, 4) is 33.8 Å². The van der Waals surface area contributed by atoms with E-state index in [1.807, 2.05) is 22.7 Å². The Labute approximate surface area is 623 Å². The van der Waals surface area contributed by atoms with Gasteiger partial charge in [0.25, 0.3) is 13.4 Å². The fourth-order valence-corrected chi connectivity index (χ4v) is 20.4. The van der Waals surface area contributed by atoms with Crippen LogP contribution >= 0.6 is 22.7 Å². The van der Waals surface area contributed by atoms with E-state index in [2.05, 4.69) is 388 Å². The Morgan fingerprint density at radius 2 is 0.868 bits per heavy atom. The summed E-state index contributed by atoms with van der Waals surface area (Å²) >= 11 is 3.75. The highest BCUT2D eigenvalue weighted by atomic mass is 32.1. The average Bonchev–Trinajstić information content (AvgIpc) is 0.805. The number of hydrogen-bond acceptors (Lipinski definition) is 8. The normalized spacial score (nSPS) is 14.5. The van der Waals surface area contributed by atoms with E-state index in [-0.39, 0.29) is 19.5 Å². The fourth-order valence-electron chi connectivity index (χ4n) is 18.0. The second-order valence-electron chi connectivity index (χ2n) is 28.1. The van der Waals surface area contributed by atoms with Gasteiger partial charge in [-0.1, -0.05) is 255 Å². The lowest BCUT2D eigenvalue weighted by molar-refractivity contribution is 0.487. The first-order chi connectivity index (χ1) is 52.6. The highest BCUT2D eigenvalue weighted by molar-refractivity contribution is 7.27. The van der Waals surface area contributed by atoms with Crippen LogP contribution in [0.4, 0.5) is 68.2 Å². The van der Waals surface area contributed by atoms with Crippen molar-refractivity contribution in [3.63, 3.8) is 0 Å². The lowest BCUT2D eigenvalue weighted by Gasteiger charge is -2.51. The predicted octanol–water partition coefficient (Wildman–Crippen LogP) is 22.8. The molecule has 0 spiro atoms. The molecule has 15 aromatic carbocycles. The van der Waals surface area contributed by atoms with Gasteiger partial charge in [0.05, 0.1) is 38.2 Å². The Balaban J connectivity index is 0.870. The first kappa shape index (κ1) is 60.7. The van der Waals surface area contributed by atoms with Crippen LogP contribution in [0.3, 0.4) is 0 Å². The molecule has 0 bridgehead atoms. The largest absolute Gasteiger partial charge is 0.458 e. The van der Waals surface area contributed by atoms with Crippen LogP contribution in [-0.2, 0) is 0 Å². The number of fused-ring (bicyclic) bond motifs is 14. The van der Waals surface area contributed by atoms with Gasteiger partial charge in [0.2, 0.25) is 0 Å². The number of benzene rings is 15. The highest BCUT2D eigenvalue weighted by Gasteiger charge is 2.51. The number of allylic oxidation sites excluding steroid dienone is 1. The Kier molecular flexibility index (Phi) is 14.0. The summed E-state index contributed by atoms with van der Waals surface area (Å²) in [5.74, 6) is 1.69. The van der Waals surface area contributed by atoms with E-state index in [1.165, 1.54) is 85.0 Å². The first-order valence-electron chi connectivity index (χ1n) is 36.5. The average molecular weight is 1390 g/mol. The summed E-state index contributed by atoms with van der Waals surface area (Å²) < 4.78 is 12.5. The van der Waals surface area contributed by atoms with Gasteiger partial charge in [0.15, 0.2) is 0 Å². The monoisotopic (exact) mass is 1390 g/mol. The van der Waals surface area contributed by atoms with E-state index in [1.54, 1.807) is 0 Å². The molecular weight excluding hydrogens is 1320 g/mol. The Bertz CT molecular complexity index is 6370. The molecule has 0 N–H and O–H groups in total. The Morgan fingerprint density at radius 3 is 1.55 bits per heavy atom. The highest BCUT2D eigenvalue weighted by Crippen LogP contribution is 2.57. The molecule has 4 aliphatic heterocycles. The van der Waals surface area contributed by atoms with Crippen LogP contribution in [0, 0.1) is 0 Å². The zero-order chi connectivity index (χ0) is 69.5. The van der Waals surface area contributed by atoms with Gasteiger partial charge >= 0.3 is 0 Å². The van der Waals surface area contributed by atoms with Gasteiger partial charge in [-0.05, 0) is 147 Å². The SMILES string of the molecule is C1=C2C3=C(CC1N(c1ccccc1)c1ccccc1)N(c1c(-c4ccccc4)cccc1-c1ccccc1)c1cc4c(cc1B3c1ccccc1N2c1cccc2c1sc1ccccc12)B1c2ccccc2Oc2cc(N(c3ccccc3)c3cccc5c3sc3ccccc35)cc(c21)N4c1ccccc1. The molecule has 5 aliphatic rings. The Morgan fingerprint density at radius 1 is 0.349 bits per heavy atom. The van der Waals surface area contributed by atoms with E-state index in [4.69, 9.17) is 4.74 Å². The maximum absolute atomic E-state index is 7.52. The number of thiophene rings is 2. The van der Waals surface area contributed by atoms with Gasteiger partial charge in [-0.15, -0.1) is 22.7 Å². The number of para-hydroxylation sites is 7. The fraction of sp³-hybridized carbons (Fsp3) is 0.0208. The molecule has 6 heterocycles. The number of ether oxygens (including phenoxy) is 1. The van der Waals surface area contributed by atoms with Gasteiger partial charge in [-0.3, -0.25) is 0 Å². The molecule has 1 aliphatic carbocycles. The summed E-state index contributed by atoms with van der Waals surface area (Å²) in [6, 6.07) is 133. The van der Waals surface area contributed by atoms with Crippen LogP contribution in [0.15, 0.2) is 381 Å². The van der Waals surface area contributed by atoms with Crippen molar-refractivity contribution in [1.82, 2.24) is 0 Å². The summed E-state index contributed by atoms with van der Waals surface area (Å²) in [4.78, 5) is 13.1. The topological polar surface area (TPSA) is 25.4 Å². The van der Waals surface area contributed by atoms with E-state index >= 15 is 0 Å². The van der Waals surface area contributed by atoms with Crippen molar-refractivity contribution in [2.24, 2.45) is 0 Å². The summed E-state index contributed by atoms with van der Waals surface area (Å²) in [7, 11) is 0. The van der Waals surface area contributed by atoms with Crippen LogP contribution in [0.25, 0.3) is 62.6 Å². The van der Waals surface area contributed by atoms with Gasteiger partial charge in [0, 0.05) is 111 Å². The van der Waals surface area contributed by atoms with Gasteiger partial charge in [0.1, 0.15) is 11.5 Å². The molecule has 0 saturated heterocycles. The second kappa shape index (κ2) is 24.4. The van der Waals surface area contributed by atoms with Crippen molar-refractivity contribution >= 4 is 172 Å². The van der Waals surface area contributed by atoms with E-state index in [0.29, 0.717) is 6.42 Å². The van der Waals surface area contributed by atoms with Gasteiger partial charge in [-0.2, -0.15) is 0 Å². The third-order valence-corrected chi connectivity index (χ3v) is 24.8. The standard InChI is InChI=1S/C96H63B2N5OS2/c1-7-30-62(31-8-1)70-44-27-45-71(63-32-9-2-10-33-63)94(70)103-84-61-83-78(98-77-49-22-24-53-88(77)104-89-59-69(58-87(93(89)98)101(83)67-40-17-6-18-41-67)100(66-38-15-5-16-39-66)81-51-28-46-74-72-42-19-25-54-90(72)105-95(74)81)60-79(84)97-76-48-21-23-50-80(76)102(82-52-29-47-75-73-43-20-26-55-91(73)106-96(75)82)85-56-68(57-86(103)92(85)97)99(64-34-11-3-12-35-64)65-36-13-4-14-37-65/h1-56,58-61,68H,57H2. The molecular formula is C96H63B2N5OS2. The summed E-state index contributed by atoms with van der Waals surface area (Å²) in [5.41, 5.74) is 27.5. The second-order valence-corrected chi connectivity index (χ2v) is 30.2. The van der Waals surface area contributed by atoms with Crippen LogP contribution in [0.5, 0.6) is 11.5 Å². The predicted molar refractivity (Wildman–Crippen MR) is 451 cm³/mol. The summed E-state index contributed by atoms with van der Waals surface area (Å²) in [6.45, 7) is -0.462. The van der Waals surface area contributed by atoms with E-state index in [9.17, 15) is 0 Å². The van der Waals surface area contributed by atoms with Crippen molar-refractivity contribution < 1.29 is 4.74 Å². The van der Waals surface area contributed by atoms with Crippen molar-refractivity contribution in [3.05, 3.63) is 381 Å². The first-order valence-corrected chi connectivity index (χ1v) is 38.2. The molecule has 2 aromatic heterocycles. The molecule has 0 fully saturated rings. The van der Waals surface area contributed by atoms with Crippen LogP contribution in [0.1, 0.15) is 6.42 Å². The maximum atomic E-state index is 7.52. The molecule has 10 heteroatoms. The maximum Gasteiger partial charge on any atom is 0.256 e. The zero-order valence-corrected chi connectivity index (χ0v) is 59.2. The molecule has 0 amide bonds. The zero-order valence-electron chi connectivity index (χ0n) is 57.5. The van der Waals surface area contributed by atoms with Crippen molar-refractivity contribution in [2.45, 2.75) is 12.5 Å². The smallest absolute Gasteiger partial charge is 0.256 e. The molecule has 6 nitrogen and oxygen atoms in total. The van der Waals surface area contributed by atoms with Crippen LogP contribution in [-0.4, -0.2) is 19.5 Å². The molecule has 17 aromatic rings. The number of rotatable bonds is 11. The minimum Gasteiger partial charge on any atom is -0.458 e. The lowest BCUT2D eigenvalue weighted by atomic mass is 9.29. The van der Waals surface area contributed by atoms with Crippen LogP contribution in [0.2, 0.25) is 0 Å². The number of nitrogens with zero attached hydrogens (tertiary/aromatic N) is 5. The summed E-state index contributed by atoms with van der Waals surface area (Å²) in [5, 5.41) is 5.03. The van der Waals surface area contributed by atoms with E-state index < -0.39 is 0 Å². The lowest BCUT2D eigenvalue weighted by Crippen LogP contribution is -2.63. The number of anilines is 12. The number of hydrogen-bond donors (Lipinski definition) is 0. The van der Waals surface area contributed by atoms with Gasteiger partial charge < -0.3 is 29.2 Å². The van der Waals surface area contributed by atoms with Crippen molar-refractivity contribution in [2.75, 3.05) is 24.5 Å². The minimum absolute atomic E-state index is 0.200. The van der Waals surface area contributed by atoms with Crippen LogP contribution < -0.4 is 56.6 Å². The molecule has 1 atom stereocenters. The quantitative estimate of drug-likeness (QED) is 0.120. The third-order valence-electron chi connectivity index (χ3n) is 22.4. The minimum atomic E-state index is -0.238. The third kappa shape index (κ3) is 9.37. The summed E-state index contributed by atoms with van der Waals surface area (Å²) in [6.07, 6.45) is 3.30. The molecule has 106 heavy (non-hydrogen) atoms.